The van der Waals surface area contributed by atoms with Crippen molar-refractivity contribution in [3.05, 3.63) is 106 Å². The Morgan fingerprint density at radius 3 is 2.18 bits per heavy atom. The number of rotatable bonds is 9. The van der Waals surface area contributed by atoms with Crippen LogP contribution in [0.3, 0.4) is 0 Å². The average molecular weight is 460 g/mol. The molecule has 3 aromatic rings. The highest BCUT2D eigenvalue weighted by molar-refractivity contribution is 6.30. The summed E-state index contributed by atoms with van der Waals surface area (Å²) in [6, 6.07) is 25.4. The molecule has 0 aliphatic carbocycles. The molecule has 166 valence electrons. The monoisotopic (exact) mass is 459 g/mol. The van der Waals surface area contributed by atoms with E-state index in [2.05, 4.69) is 10.6 Å². The third-order valence-electron chi connectivity index (χ3n) is 4.62. The Kier molecular flexibility index (Phi) is 8.63. The first kappa shape index (κ1) is 23.6. The highest BCUT2D eigenvalue weighted by Crippen LogP contribution is 2.15. The molecule has 0 unspecified atom stereocenters. The number of carbonyl (C=O) groups is 2. The molecule has 33 heavy (non-hydrogen) atoms. The first-order valence-electron chi connectivity index (χ1n) is 10.2. The molecule has 6 nitrogen and oxygen atoms in total. The maximum Gasteiger partial charge on any atom is 0.262 e. The molecule has 0 fully saturated rings. The number of nitriles is 1. The van der Waals surface area contributed by atoms with E-state index in [1.807, 2.05) is 36.4 Å². The van der Waals surface area contributed by atoms with Gasteiger partial charge in [0.05, 0.1) is 0 Å². The first-order chi connectivity index (χ1) is 16.0. The average Bonchev–Trinajstić information content (AvgIpc) is 2.85. The molecule has 0 bridgehead atoms. The van der Waals surface area contributed by atoms with Gasteiger partial charge in [-0.15, -0.1) is 0 Å². The summed E-state index contributed by atoms with van der Waals surface area (Å²) in [6.07, 6.45) is 1.49. The molecule has 0 saturated heterocycles. The predicted molar refractivity (Wildman–Crippen MR) is 127 cm³/mol. The second-order valence-corrected chi connectivity index (χ2v) is 7.54. The van der Waals surface area contributed by atoms with Crippen LogP contribution in [0.1, 0.15) is 16.7 Å². The van der Waals surface area contributed by atoms with Crippen LogP contribution in [-0.4, -0.2) is 18.4 Å². The molecular formula is C26H22ClN3O3. The number of halogens is 1. The van der Waals surface area contributed by atoms with Gasteiger partial charge >= 0.3 is 0 Å². The van der Waals surface area contributed by atoms with Crippen LogP contribution in [0.2, 0.25) is 5.02 Å². The van der Waals surface area contributed by atoms with E-state index in [4.69, 9.17) is 16.3 Å². The number of hydrogen-bond donors (Lipinski definition) is 2. The van der Waals surface area contributed by atoms with Gasteiger partial charge in [0.15, 0.2) is 6.61 Å². The van der Waals surface area contributed by atoms with E-state index in [0.717, 1.165) is 11.1 Å². The van der Waals surface area contributed by atoms with Crippen molar-refractivity contribution in [3.63, 3.8) is 0 Å². The number of hydrogen-bond acceptors (Lipinski definition) is 4. The molecule has 0 radical (unpaired) electrons. The Morgan fingerprint density at radius 2 is 1.52 bits per heavy atom. The summed E-state index contributed by atoms with van der Waals surface area (Å²) < 4.78 is 5.50. The van der Waals surface area contributed by atoms with E-state index in [1.165, 1.54) is 6.08 Å². The fraction of sp³-hybridized carbons (Fsp3) is 0.115. The minimum atomic E-state index is -0.470. The van der Waals surface area contributed by atoms with E-state index < -0.39 is 5.91 Å². The van der Waals surface area contributed by atoms with Crippen LogP contribution < -0.4 is 15.4 Å². The van der Waals surface area contributed by atoms with Gasteiger partial charge in [-0.3, -0.25) is 9.59 Å². The molecule has 2 amide bonds. The Morgan fingerprint density at radius 1 is 0.879 bits per heavy atom. The van der Waals surface area contributed by atoms with Crippen LogP contribution in [0.15, 0.2) is 84.4 Å². The Hall–Kier alpha value is -4.08. The zero-order valence-corrected chi connectivity index (χ0v) is 18.5. The van der Waals surface area contributed by atoms with Gasteiger partial charge in [0, 0.05) is 18.1 Å². The number of amides is 2. The third-order valence-corrected chi connectivity index (χ3v) is 4.88. The van der Waals surface area contributed by atoms with Crippen molar-refractivity contribution in [3.8, 4) is 11.8 Å². The maximum atomic E-state index is 12.3. The minimum absolute atomic E-state index is 0.0158. The summed E-state index contributed by atoms with van der Waals surface area (Å²) in [7, 11) is 0. The predicted octanol–water partition coefficient (Wildman–Crippen LogP) is 4.26. The second kappa shape index (κ2) is 12.1. The fourth-order valence-corrected chi connectivity index (χ4v) is 2.98. The molecule has 7 heteroatoms. The highest BCUT2D eigenvalue weighted by atomic mass is 35.5. The highest BCUT2D eigenvalue weighted by Gasteiger charge is 2.09. The molecule has 0 saturated carbocycles. The summed E-state index contributed by atoms with van der Waals surface area (Å²) in [6.45, 7) is 0.608. The van der Waals surface area contributed by atoms with Crippen LogP contribution in [-0.2, 0) is 22.7 Å². The van der Waals surface area contributed by atoms with Crippen LogP contribution in [0.25, 0.3) is 6.08 Å². The van der Waals surface area contributed by atoms with E-state index in [-0.39, 0.29) is 24.6 Å². The van der Waals surface area contributed by atoms with Crippen molar-refractivity contribution < 1.29 is 14.3 Å². The second-order valence-electron chi connectivity index (χ2n) is 7.10. The van der Waals surface area contributed by atoms with Crippen LogP contribution in [0, 0.1) is 11.3 Å². The normalized spacial score (nSPS) is 10.7. The topological polar surface area (TPSA) is 91.2 Å². The summed E-state index contributed by atoms with van der Waals surface area (Å²) >= 11 is 5.85. The SMILES string of the molecule is N#C/C(=C\c1ccc(OCC(=O)NCc2ccccc2)cc1)C(=O)NCc1ccc(Cl)cc1. The van der Waals surface area contributed by atoms with Gasteiger partial charge < -0.3 is 15.4 Å². The number of ether oxygens (including phenoxy) is 1. The minimum Gasteiger partial charge on any atom is -0.484 e. The van der Waals surface area contributed by atoms with Crippen LogP contribution in [0.5, 0.6) is 5.75 Å². The molecule has 0 aliphatic heterocycles. The van der Waals surface area contributed by atoms with Crippen molar-refractivity contribution in [1.29, 1.82) is 5.26 Å². The van der Waals surface area contributed by atoms with Gasteiger partial charge in [-0.05, 0) is 47.0 Å². The van der Waals surface area contributed by atoms with Crippen molar-refractivity contribution >= 4 is 29.5 Å². The standard InChI is InChI=1S/C26H22ClN3O3/c27-23-10-6-21(7-11-23)17-30-26(32)22(15-28)14-19-8-12-24(13-9-19)33-18-25(31)29-16-20-4-2-1-3-5-20/h1-14H,16-18H2,(H,29,31)(H,30,32)/b22-14+. The number of nitrogens with zero attached hydrogens (tertiary/aromatic N) is 1. The van der Waals surface area contributed by atoms with Crippen molar-refractivity contribution in [2.75, 3.05) is 6.61 Å². The van der Waals surface area contributed by atoms with Crippen molar-refractivity contribution in [2.45, 2.75) is 13.1 Å². The van der Waals surface area contributed by atoms with E-state index in [0.29, 0.717) is 22.9 Å². The summed E-state index contributed by atoms with van der Waals surface area (Å²) in [4.78, 5) is 24.3. The molecule has 0 spiro atoms. The van der Waals surface area contributed by atoms with Crippen LogP contribution >= 0.6 is 11.6 Å². The van der Waals surface area contributed by atoms with Gasteiger partial charge in [-0.2, -0.15) is 5.26 Å². The van der Waals surface area contributed by atoms with E-state index in [1.54, 1.807) is 48.5 Å². The Labute approximate surface area is 197 Å². The fourth-order valence-electron chi connectivity index (χ4n) is 2.85. The molecule has 3 rings (SSSR count). The Balaban J connectivity index is 1.49. The molecule has 0 aliphatic rings. The lowest BCUT2D eigenvalue weighted by Crippen LogP contribution is -2.28. The zero-order chi connectivity index (χ0) is 23.5. The lowest BCUT2D eigenvalue weighted by molar-refractivity contribution is -0.123. The lowest BCUT2D eigenvalue weighted by atomic mass is 10.1. The number of benzene rings is 3. The van der Waals surface area contributed by atoms with Gasteiger partial charge in [0.1, 0.15) is 17.4 Å². The molecule has 0 atom stereocenters. The molecular weight excluding hydrogens is 438 g/mol. The summed E-state index contributed by atoms with van der Waals surface area (Å²) in [5.41, 5.74) is 2.53. The lowest BCUT2D eigenvalue weighted by Gasteiger charge is -2.08. The van der Waals surface area contributed by atoms with Crippen LogP contribution in [0.4, 0.5) is 0 Å². The quantitative estimate of drug-likeness (QED) is 0.369. The molecule has 0 aromatic heterocycles. The van der Waals surface area contributed by atoms with E-state index >= 15 is 0 Å². The maximum absolute atomic E-state index is 12.3. The van der Waals surface area contributed by atoms with Crippen molar-refractivity contribution in [1.82, 2.24) is 10.6 Å². The van der Waals surface area contributed by atoms with Gasteiger partial charge in [0.25, 0.3) is 11.8 Å². The molecule has 0 heterocycles. The molecule has 2 N–H and O–H groups in total. The van der Waals surface area contributed by atoms with Gasteiger partial charge in [0.2, 0.25) is 0 Å². The third kappa shape index (κ3) is 7.84. The smallest absolute Gasteiger partial charge is 0.262 e. The van der Waals surface area contributed by atoms with E-state index in [9.17, 15) is 14.9 Å². The Bertz CT molecular complexity index is 1150. The largest absolute Gasteiger partial charge is 0.484 e. The van der Waals surface area contributed by atoms with Crippen molar-refractivity contribution in [2.24, 2.45) is 0 Å². The van der Waals surface area contributed by atoms with Gasteiger partial charge in [-0.1, -0.05) is 66.2 Å². The van der Waals surface area contributed by atoms with Gasteiger partial charge in [-0.25, -0.2) is 0 Å². The first-order valence-corrected chi connectivity index (χ1v) is 10.6. The summed E-state index contributed by atoms with van der Waals surface area (Å²) in [5, 5.41) is 15.5. The zero-order valence-electron chi connectivity index (χ0n) is 17.8. The summed E-state index contributed by atoms with van der Waals surface area (Å²) in [5.74, 6) is -0.192. The molecule has 3 aromatic carbocycles. The number of carbonyl (C=O) groups excluding carboxylic acids is 2. The number of nitrogens with one attached hydrogen (secondary N) is 2.